The van der Waals surface area contributed by atoms with E-state index >= 15 is 0 Å². The Balaban J connectivity index is 1.26. The van der Waals surface area contributed by atoms with Gasteiger partial charge in [0, 0.05) is 57.5 Å². The second-order valence-corrected chi connectivity index (χ2v) is 11.0. The maximum Gasteiger partial charge on any atom is 0.416 e. The van der Waals surface area contributed by atoms with Crippen molar-refractivity contribution in [3.8, 4) is 0 Å². The van der Waals surface area contributed by atoms with Gasteiger partial charge < -0.3 is 10.2 Å². The topological polar surface area (TPSA) is 38.8 Å². The first-order valence-corrected chi connectivity index (χ1v) is 12.5. The number of hydrogen-bond donors (Lipinski definition) is 1. The third-order valence-corrected chi connectivity index (χ3v) is 7.14. The van der Waals surface area contributed by atoms with Gasteiger partial charge in [0.25, 0.3) is 0 Å². The number of anilines is 1. The number of nitrogens with zero attached hydrogens (tertiary/aromatic N) is 3. The molecule has 0 atom stereocenters. The smallest absolute Gasteiger partial charge is 0.321 e. The molecule has 38 heavy (non-hydrogen) atoms. The molecule has 0 aliphatic carbocycles. The van der Waals surface area contributed by atoms with Crippen LogP contribution in [0.15, 0.2) is 42.5 Å². The fraction of sp³-hybridized carbons (Fsp3) is 0.519. The van der Waals surface area contributed by atoms with Gasteiger partial charge in [-0.25, -0.2) is 4.79 Å². The fourth-order valence-corrected chi connectivity index (χ4v) is 4.74. The average Bonchev–Trinajstić information content (AvgIpc) is 2.77. The lowest BCUT2D eigenvalue weighted by Gasteiger charge is -2.48. The highest BCUT2D eigenvalue weighted by atomic mass is 19.4. The number of piperazine rings is 1. The molecule has 11 heteroatoms. The second-order valence-electron chi connectivity index (χ2n) is 11.0. The van der Waals surface area contributed by atoms with Crippen LogP contribution in [0, 0.1) is 0 Å². The van der Waals surface area contributed by atoms with Crippen molar-refractivity contribution in [1.82, 2.24) is 14.7 Å². The molecule has 1 N–H and O–H groups in total. The Hall–Kier alpha value is -2.79. The normalized spacial score (nSPS) is 18.4. The average molecular weight is 543 g/mol. The number of alkyl halides is 6. The van der Waals surface area contributed by atoms with Crippen molar-refractivity contribution in [2.75, 3.05) is 44.6 Å². The Morgan fingerprint density at radius 2 is 1.34 bits per heavy atom. The second kappa shape index (κ2) is 10.4. The van der Waals surface area contributed by atoms with Crippen LogP contribution >= 0.6 is 0 Å². The molecule has 2 heterocycles. The molecular weight excluding hydrogens is 510 g/mol. The minimum absolute atomic E-state index is 0.0376. The van der Waals surface area contributed by atoms with Crippen molar-refractivity contribution in [3.63, 3.8) is 0 Å². The van der Waals surface area contributed by atoms with Crippen LogP contribution in [0.4, 0.5) is 36.8 Å². The molecule has 2 aliphatic heterocycles. The van der Waals surface area contributed by atoms with E-state index in [9.17, 15) is 31.1 Å². The lowest BCUT2D eigenvalue weighted by atomic mass is 9.87. The molecule has 5 nitrogen and oxygen atoms in total. The van der Waals surface area contributed by atoms with Gasteiger partial charge in [-0.3, -0.25) is 9.80 Å². The number of benzene rings is 2. The predicted octanol–water partition coefficient (Wildman–Crippen LogP) is 6.06. The van der Waals surface area contributed by atoms with Crippen LogP contribution in [0.5, 0.6) is 0 Å². The maximum absolute atomic E-state index is 13.1. The highest BCUT2D eigenvalue weighted by Crippen LogP contribution is 2.37. The highest BCUT2D eigenvalue weighted by Gasteiger charge is 2.39. The molecule has 2 amide bonds. The highest BCUT2D eigenvalue weighted by molar-refractivity contribution is 5.90. The maximum atomic E-state index is 13.1. The van der Waals surface area contributed by atoms with E-state index in [1.54, 1.807) is 0 Å². The molecule has 2 aromatic rings. The van der Waals surface area contributed by atoms with Crippen molar-refractivity contribution in [2.24, 2.45) is 0 Å². The lowest BCUT2D eigenvalue weighted by molar-refractivity contribution is -0.143. The number of rotatable bonds is 4. The summed E-state index contributed by atoms with van der Waals surface area (Å²) in [5.41, 5.74) is -0.819. The number of carbonyl (C=O) groups excluding carboxylic acids is 1. The van der Waals surface area contributed by atoms with Crippen molar-refractivity contribution in [1.29, 1.82) is 0 Å². The van der Waals surface area contributed by atoms with E-state index in [1.165, 1.54) is 16.0 Å². The first kappa shape index (κ1) is 28.2. The van der Waals surface area contributed by atoms with Gasteiger partial charge in [-0.05, 0) is 34.7 Å². The molecule has 2 aromatic carbocycles. The van der Waals surface area contributed by atoms with Gasteiger partial charge >= 0.3 is 18.4 Å². The molecule has 2 fully saturated rings. The Bertz CT molecular complexity index is 1090. The van der Waals surface area contributed by atoms with E-state index < -0.39 is 35.2 Å². The summed E-state index contributed by atoms with van der Waals surface area (Å²) in [6.45, 7) is 11.5. The van der Waals surface area contributed by atoms with Crippen LogP contribution in [-0.2, 0) is 24.3 Å². The Morgan fingerprint density at radius 1 is 0.816 bits per heavy atom. The standard InChI is InChI=1S/C27H32F6N4O/c1-25(2,3)19-6-4-18(5-7-19)15-35-8-10-36(11-9-35)23-16-37(17-23)24(38)34-22-13-20(26(28,29)30)12-21(14-22)27(31,32)33/h4-7,12-14,23H,8-11,15-17H2,1-3H3,(H,34,38). The fourth-order valence-electron chi connectivity index (χ4n) is 4.74. The molecule has 2 saturated heterocycles. The summed E-state index contributed by atoms with van der Waals surface area (Å²) in [7, 11) is 0. The Kier molecular flexibility index (Phi) is 7.73. The van der Waals surface area contributed by atoms with Gasteiger partial charge in [0.2, 0.25) is 0 Å². The predicted molar refractivity (Wildman–Crippen MR) is 133 cm³/mol. The molecule has 0 spiro atoms. The number of amides is 2. The summed E-state index contributed by atoms with van der Waals surface area (Å²) in [5.74, 6) is 0. The van der Waals surface area contributed by atoms with Crippen LogP contribution < -0.4 is 5.32 Å². The first-order chi connectivity index (χ1) is 17.6. The minimum atomic E-state index is -4.97. The quantitative estimate of drug-likeness (QED) is 0.478. The largest absolute Gasteiger partial charge is 0.416 e. The van der Waals surface area contributed by atoms with Crippen LogP contribution in [0.3, 0.4) is 0 Å². The summed E-state index contributed by atoms with van der Waals surface area (Å²) >= 11 is 0. The molecule has 0 saturated carbocycles. The zero-order chi connectivity index (χ0) is 27.9. The zero-order valence-electron chi connectivity index (χ0n) is 21.6. The lowest BCUT2D eigenvalue weighted by Crippen LogP contribution is -2.64. The number of likely N-dealkylation sites (tertiary alicyclic amines) is 1. The van der Waals surface area contributed by atoms with E-state index in [2.05, 4.69) is 60.2 Å². The zero-order valence-corrected chi connectivity index (χ0v) is 21.6. The summed E-state index contributed by atoms with van der Waals surface area (Å²) in [6, 6.07) is 9.13. The molecular formula is C27H32F6N4O. The number of halogens is 6. The van der Waals surface area contributed by atoms with Gasteiger partial charge in [0.15, 0.2) is 0 Å². The van der Waals surface area contributed by atoms with E-state index in [1.807, 2.05) is 0 Å². The molecule has 4 rings (SSSR count). The van der Waals surface area contributed by atoms with Crippen LogP contribution in [0.1, 0.15) is 43.0 Å². The van der Waals surface area contributed by atoms with Gasteiger partial charge in [-0.1, -0.05) is 45.0 Å². The van der Waals surface area contributed by atoms with E-state index in [-0.39, 0.29) is 17.5 Å². The SMILES string of the molecule is CC(C)(C)c1ccc(CN2CCN(C3CN(C(=O)Nc4cc(C(F)(F)F)cc(C(F)(F)F)c4)C3)CC2)cc1. The molecule has 2 aliphatic rings. The number of nitrogens with one attached hydrogen (secondary N) is 1. The van der Waals surface area contributed by atoms with Gasteiger partial charge in [0.05, 0.1) is 11.1 Å². The summed E-state index contributed by atoms with van der Waals surface area (Å²) in [6.07, 6.45) is -9.94. The van der Waals surface area contributed by atoms with Crippen LogP contribution in [0.25, 0.3) is 0 Å². The summed E-state index contributed by atoms with van der Waals surface area (Å²) in [5, 5.41) is 2.20. The summed E-state index contributed by atoms with van der Waals surface area (Å²) in [4.78, 5) is 18.5. The van der Waals surface area contributed by atoms with Crippen molar-refractivity contribution >= 4 is 11.7 Å². The van der Waals surface area contributed by atoms with E-state index in [0.717, 1.165) is 32.7 Å². The van der Waals surface area contributed by atoms with Gasteiger partial charge in [-0.15, -0.1) is 0 Å². The van der Waals surface area contributed by atoms with E-state index in [0.29, 0.717) is 25.2 Å². The number of hydrogen-bond acceptors (Lipinski definition) is 3. The van der Waals surface area contributed by atoms with E-state index in [4.69, 9.17) is 0 Å². The third-order valence-electron chi connectivity index (χ3n) is 7.14. The van der Waals surface area contributed by atoms with Crippen LogP contribution in [0.2, 0.25) is 0 Å². The van der Waals surface area contributed by atoms with Crippen molar-refractivity contribution < 1.29 is 31.1 Å². The monoisotopic (exact) mass is 542 g/mol. The molecule has 0 bridgehead atoms. The van der Waals surface area contributed by atoms with Crippen molar-refractivity contribution in [3.05, 3.63) is 64.7 Å². The number of carbonyl (C=O) groups is 1. The third kappa shape index (κ3) is 6.79. The minimum Gasteiger partial charge on any atom is -0.321 e. The van der Waals surface area contributed by atoms with Crippen LogP contribution in [-0.4, -0.2) is 66.0 Å². The Labute approximate surface area is 218 Å². The molecule has 0 radical (unpaired) electrons. The van der Waals surface area contributed by atoms with Gasteiger partial charge in [-0.2, -0.15) is 26.3 Å². The van der Waals surface area contributed by atoms with Gasteiger partial charge in [0.1, 0.15) is 0 Å². The molecule has 0 unspecified atom stereocenters. The summed E-state index contributed by atoms with van der Waals surface area (Å²) < 4.78 is 78.5. The first-order valence-electron chi connectivity index (χ1n) is 12.5. The van der Waals surface area contributed by atoms with Crippen molar-refractivity contribution in [2.45, 2.75) is 51.1 Å². The molecule has 0 aromatic heterocycles. The Morgan fingerprint density at radius 3 is 1.82 bits per heavy atom. The number of urea groups is 1. The molecule has 208 valence electrons.